The fourth-order valence-corrected chi connectivity index (χ4v) is 3.69. The first-order valence-electron chi connectivity index (χ1n) is 9.04. The van der Waals surface area contributed by atoms with Crippen molar-refractivity contribution in [2.45, 2.75) is 32.4 Å². The zero-order chi connectivity index (χ0) is 17.2. The van der Waals surface area contributed by atoms with Gasteiger partial charge in [0.15, 0.2) is 11.5 Å². The van der Waals surface area contributed by atoms with Crippen molar-refractivity contribution in [3.63, 3.8) is 0 Å². The summed E-state index contributed by atoms with van der Waals surface area (Å²) in [5.41, 5.74) is 1.12. The number of rotatable bonds is 5. The molecule has 25 heavy (non-hydrogen) atoms. The molecule has 2 unspecified atom stereocenters. The van der Waals surface area contributed by atoms with Crippen molar-refractivity contribution in [1.29, 1.82) is 0 Å². The van der Waals surface area contributed by atoms with Crippen LogP contribution >= 0.6 is 0 Å². The highest BCUT2D eigenvalue weighted by molar-refractivity contribution is 5.51. The zero-order valence-corrected chi connectivity index (χ0v) is 14.8. The maximum absolute atomic E-state index is 6.08. The smallest absolute Gasteiger partial charge is 0.169 e. The van der Waals surface area contributed by atoms with E-state index in [1.54, 1.807) is 6.20 Å². The van der Waals surface area contributed by atoms with Gasteiger partial charge in [-0.25, -0.2) is 0 Å². The Morgan fingerprint density at radius 2 is 2.00 bits per heavy atom. The van der Waals surface area contributed by atoms with E-state index in [2.05, 4.69) is 21.3 Å². The Kier molecular flexibility index (Phi) is 4.49. The van der Waals surface area contributed by atoms with Gasteiger partial charge < -0.3 is 19.7 Å². The maximum atomic E-state index is 6.08. The first-order chi connectivity index (χ1) is 12.2. The summed E-state index contributed by atoms with van der Waals surface area (Å²) in [6.45, 7) is 7.27. The summed E-state index contributed by atoms with van der Waals surface area (Å²) < 4.78 is 11.9. The van der Waals surface area contributed by atoms with Crippen molar-refractivity contribution in [2.24, 2.45) is 5.92 Å². The number of piperidine rings is 1. The van der Waals surface area contributed by atoms with Gasteiger partial charge in [0.1, 0.15) is 5.75 Å². The average Bonchev–Trinajstić information content (AvgIpc) is 2.94. The normalized spacial score (nSPS) is 22.3. The molecule has 5 nitrogen and oxygen atoms in total. The predicted octanol–water partition coefficient (Wildman–Crippen LogP) is 3.46. The number of benzene rings is 1. The summed E-state index contributed by atoms with van der Waals surface area (Å²) in [6, 6.07) is 10.4. The summed E-state index contributed by atoms with van der Waals surface area (Å²) in [7, 11) is 0. The number of para-hydroxylation sites is 2. The first-order valence-corrected chi connectivity index (χ1v) is 9.04. The van der Waals surface area contributed by atoms with E-state index in [9.17, 15) is 0 Å². The summed E-state index contributed by atoms with van der Waals surface area (Å²) in [4.78, 5) is 6.80. The molecule has 0 aliphatic carbocycles. The monoisotopic (exact) mass is 339 g/mol. The van der Waals surface area contributed by atoms with Crippen LogP contribution in [0.25, 0.3) is 0 Å². The SMILES string of the molecule is CC(C)Oc1ccccc1Oc1cncc(N2CC3CNC(C3)C2)c1. The molecule has 2 saturated heterocycles. The number of aromatic nitrogens is 1. The third-order valence-corrected chi connectivity index (χ3v) is 4.74. The van der Waals surface area contributed by atoms with Gasteiger partial charge in [-0.1, -0.05) is 12.1 Å². The molecule has 2 bridgehead atoms. The van der Waals surface area contributed by atoms with Crippen LogP contribution in [0.15, 0.2) is 42.7 Å². The minimum atomic E-state index is 0.102. The van der Waals surface area contributed by atoms with Crippen LogP contribution in [0.3, 0.4) is 0 Å². The van der Waals surface area contributed by atoms with Crippen molar-refractivity contribution < 1.29 is 9.47 Å². The molecule has 0 amide bonds. The van der Waals surface area contributed by atoms with E-state index in [1.807, 2.05) is 44.3 Å². The molecule has 0 radical (unpaired) electrons. The van der Waals surface area contributed by atoms with Gasteiger partial charge in [0.2, 0.25) is 0 Å². The first kappa shape index (κ1) is 16.2. The Balaban J connectivity index is 1.52. The Hall–Kier alpha value is -2.27. The Labute approximate surface area is 149 Å². The Bertz CT molecular complexity index is 722. The highest BCUT2D eigenvalue weighted by Crippen LogP contribution is 2.34. The molecule has 1 aromatic heterocycles. The largest absolute Gasteiger partial charge is 0.487 e. The van der Waals surface area contributed by atoms with Gasteiger partial charge >= 0.3 is 0 Å². The molecule has 3 heterocycles. The summed E-state index contributed by atoms with van der Waals surface area (Å²) >= 11 is 0. The molecular weight excluding hydrogens is 314 g/mol. The van der Waals surface area contributed by atoms with Gasteiger partial charge in [-0.3, -0.25) is 4.98 Å². The van der Waals surface area contributed by atoms with E-state index < -0.39 is 0 Å². The standard InChI is InChI=1S/C20H25N3O2/c1-14(2)24-19-5-3-4-6-20(19)25-18-8-17(10-21-11-18)23-12-15-7-16(13-23)22-9-15/h3-6,8,10-11,14-16,22H,7,9,12-13H2,1-2H3. The summed E-state index contributed by atoms with van der Waals surface area (Å²) in [6.07, 6.45) is 5.08. The van der Waals surface area contributed by atoms with E-state index >= 15 is 0 Å². The second kappa shape index (κ2) is 6.92. The number of nitrogens with zero attached hydrogens (tertiary/aromatic N) is 2. The lowest BCUT2D eigenvalue weighted by Crippen LogP contribution is -2.41. The molecular formula is C20H25N3O2. The fraction of sp³-hybridized carbons (Fsp3) is 0.450. The highest BCUT2D eigenvalue weighted by atomic mass is 16.5. The molecule has 2 atom stereocenters. The van der Waals surface area contributed by atoms with E-state index in [1.165, 1.54) is 6.42 Å². The highest BCUT2D eigenvalue weighted by Gasteiger charge is 2.32. The van der Waals surface area contributed by atoms with Crippen LogP contribution in [0.5, 0.6) is 17.2 Å². The molecule has 1 N–H and O–H groups in total. The van der Waals surface area contributed by atoms with Crippen LogP contribution in [0.4, 0.5) is 5.69 Å². The lowest BCUT2D eigenvalue weighted by atomic mass is 10.00. The molecule has 132 valence electrons. The van der Waals surface area contributed by atoms with E-state index in [0.717, 1.165) is 48.5 Å². The number of ether oxygens (including phenoxy) is 2. The van der Waals surface area contributed by atoms with E-state index in [4.69, 9.17) is 9.47 Å². The lowest BCUT2D eigenvalue weighted by Gasteiger charge is -2.32. The third kappa shape index (κ3) is 3.71. The van der Waals surface area contributed by atoms with Gasteiger partial charge in [-0.15, -0.1) is 0 Å². The average molecular weight is 339 g/mol. The van der Waals surface area contributed by atoms with Gasteiger partial charge in [-0.2, -0.15) is 0 Å². The molecule has 5 heteroatoms. The minimum Gasteiger partial charge on any atom is -0.487 e. The quantitative estimate of drug-likeness (QED) is 0.904. The second-order valence-electron chi connectivity index (χ2n) is 7.21. The van der Waals surface area contributed by atoms with Gasteiger partial charge in [-0.05, 0) is 38.3 Å². The molecule has 2 fully saturated rings. The topological polar surface area (TPSA) is 46.6 Å². The van der Waals surface area contributed by atoms with Crippen molar-refractivity contribution in [1.82, 2.24) is 10.3 Å². The molecule has 2 aromatic rings. The maximum Gasteiger partial charge on any atom is 0.169 e. The van der Waals surface area contributed by atoms with Crippen LogP contribution < -0.4 is 19.7 Å². The number of anilines is 1. The number of fused-ring (bicyclic) bond motifs is 2. The third-order valence-electron chi connectivity index (χ3n) is 4.74. The number of nitrogens with one attached hydrogen (secondary N) is 1. The molecule has 2 aliphatic heterocycles. The van der Waals surface area contributed by atoms with Crippen molar-refractivity contribution in [3.05, 3.63) is 42.7 Å². The van der Waals surface area contributed by atoms with E-state index in [0.29, 0.717) is 6.04 Å². The van der Waals surface area contributed by atoms with Crippen molar-refractivity contribution in [3.8, 4) is 17.2 Å². The van der Waals surface area contributed by atoms with Gasteiger partial charge in [0.25, 0.3) is 0 Å². The van der Waals surface area contributed by atoms with Gasteiger partial charge in [0.05, 0.1) is 24.2 Å². The minimum absolute atomic E-state index is 0.102. The zero-order valence-electron chi connectivity index (χ0n) is 14.8. The Morgan fingerprint density at radius 3 is 2.80 bits per heavy atom. The molecule has 1 aromatic carbocycles. The fourth-order valence-electron chi connectivity index (χ4n) is 3.69. The second-order valence-corrected chi connectivity index (χ2v) is 7.21. The van der Waals surface area contributed by atoms with Crippen LogP contribution in [0.1, 0.15) is 20.3 Å². The van der Waals surface area contributed by atoms with Crippen LogP contribution in [0, 0.1) is 5.92 Å². The molecule has 4 rings (SSSR count). The van der Waals surface area contributed by atoms with Crippen molar-refractivity contribution in [2.75, 3.05) is 24.5 Å². The number of pyridine rings is 1. The van der Waals surface area contributed by atoms with Crippen molar-refractivity contribution >= 4 is 5.69 Å². The van der Waals surface area contributed by atoms with Crippen LogP contribution in [-0.4, -0.2) is 36.8 Å². The van der Waals surface area contributed by atoms with Crippen LogP contribution in [0.2, 0.25) is 0 Å². The van der Waals surface area contributed by atoms with Crippen LogP contribution in [-0.2, 0) is 0 Å². The molecule has 2 aliphatic rings. The molecule has 0 saturated carbocycles. The Morgan fingerprint density at radius 1 is 1.16 bits per heavy atom. The lowest BCUT2D eigenvalue weighted by molar-refractivity contribution is 0.233. The predicted molar refractivity (Wildman–Crippen MR) is 98.6 cm³/mol. The molecule has 0 spiro atoms. The van der Waals surface area contributed by atoms with Gasteiger partial charge in [0, 0.05) is 31.7 Å². The van der Waals surface area contributed by atoms with E-state index in [-0.39, 0.29) is 6.10 Å². The number of hydrogen-bond donors (Lipinski definition) is 1. The number of hydrogen-bond acceptors (Lipinski definition) is 5. The summed E-state index contributed by atoms with van der Waals surface area (Å²) in [5, 5.41) is 3.59. The summed E-state index contributed by atoms with van der Waals surface area (Å²) in [5.74, 6) is 2.95.